The molecule has 1 aliphatic carbocycles. The van der Waals surface area contributed by atoms with E-state index in [0.717, 1.165) is 27.8 Å². The highest BCUT2D eigenvalue weighted by Crippen LogP contribution is 2.45. The molecule has 0 bridgehead atoms. The molecule has 3 aromatic rings. The second-order valence-electron chi connectivity index (χ2n) is 9.69. The Morgan fingerprint density at radius 1 is 1.27 bits per heavy atom. The number of carboxylic acid groups (broad SMARTS) is 1. The van der Waals surface area contributed by atoms with Gasteiger partial charge in [-0.3, -0.25) is 18.7 Å². The Morgan fingerprint density at radius 2 is 1.97 bits per heavy atom. The fourth-order valence-electron chi connectivity index (χ4n) is 5.16. The normalized spacial score (nSPS) is 18.1. The predicted octanol–water partition coefficient (Wildman–Crippen LogP) is 4.20. The quantitative estimate of drug-likeness (QED) is 0.396. The standard InChI is InChI=1S/C26H29BrN2O7S/c1-15-21-23(32)29(26(9-10-26)13-20(30)31)25(33)28(24(21)37-22(15)27)14-19(36-16-7-11-35-12-8-16)17-5-3-4-6-18(17)34-2/h3-6,16,19H,7-14H2,1-2H3,(H,30,31)/t19-/m0/s1. The zero-order valence-corrected chi connectivity index (χ0v) is 23.1. The Morgan fingerprint density at radius 3 is 2.62 bits per heavy atom. The van der Waals surface area contributed by atoms with Crippen LogP contribution in [-0.4, -0.2) is 46.6 Å². The number of aromatic nitrogens is 2. The van der Waals surface area contributed by atoms with Gasteiger partial charge in [0.05, 0.1) is 40.9 Å². The molecule has 1 N–H and O–H groups in total. The highest BCUT2D eigenvalue weighted by atomic mass is 79.9. The van der Waals surface area contributed by atoms with Gasteiger partial charge in [-0.15, -0.1) is 11.3 Å². The number of rotatable bonds is 9. The molecule has 0 radical (unpaired) electrons. The Bertz CT molecular complexity index is 1450. The summed E-state index contributed by atoms with van der Waals surface area (Å²) in [4.78, 5) is 39.9. The molecule has 0 unspecified atom stereocenters. The first kappa shape index (κ1) is 26.1. The first-order valence-corrected chi connectivity index (χ1v) is 13.9. The zero-order valence-electron chi connectivity index (χ0n) is 20.7. The summed E-state index contributed by atoms with van der Waals surface area (Å²) in [5.74, 6) is -0.390. The van der Waals surface area contributed by atoms with Gasteiger partial charge in [-0.1, -0.05) is 18.2 Å². The maximum Gasteiger partial charge on any atom is 0.332 e. The maximum absolute atomic E-state index is 14.0. The van der Waals surface area contributed by atoms with E-state index in [9.17, 15) is 19.5 Å². The third kappa shape index (κ3) is 4.89. The van der Waals surface area contributed by atoms with Gasteiger partial charge in [0.25, 0.3) is 5.56 Å². The van der Waals surface area contributed by atoms with Gasteiger partial charge in [-0.05, 0) is 60.2 Å². The summed E-state index contributed by atoms with van der Waals surface area (Å²) in [5, 5.41) is 9.96. The summed E-state index contributed by atoms with van der Waals surface area (Å²) in [6.07, 6.45) is 1.55. The van der Waals surface area contributed by atoms with E-state index >= 15 is 0 Å². The van der Waals surface area contributed by atoms with Crippen molar-refractivity contribution in [3.05, 3.63) is 60.0 Å². The van der Waals surface area contributed by atoms with Gasteiger partial charge in [0, 0.05) is 18.8 Å². The lowest BCUT2D eigenvalue weighted by Crippen LogP contribution is -2.47. The zero-order chi connectivity index (χ0) is 26.3. The number of fused-ring (bicyclic) bond motifs is 1. The molecule has 2 fully saturated rings. The molecule has 0 spiro atoms. The molecule has 198 valence electrons. The number of hydrogen-bond acceptors (Lipinski definition) is 7. The molecule has 1 aromatic carbocycles. The largest absolute Gasteiger partial charge is 0.496 e. The van der Waals surface area contributed by atoms with Crippen molar-refractivity contribution in [2.45, 2.75) is 63.3 Å². The summed E-state index contributed by atoms with van der Waals surface area (Å²) in [7, 11) is 1.59. The fourth-order valence-corrected chi connectivity index (χ4v) is 6.85. The Labute approximate surface area is 225 Å². The molecule has 2 aliphatic rings. The Hall–Kier alpha value is -2.47. The highest BCUT2D eigenvalue weighted by molar-refractivity contribution is 9.11. The molecule has 37 heavy (non-hydrogen) atoms. The van der Waals surface area contributed by atoms with Crippen molar-refractivity contribution in [3.63, 3.8) is 0 Å². The number of halogens is 1. The van der Waals surface area contributed by atoms with Gasteiger partial charge >= 0.3 is 11.7 Å². The lowest BCUT2D eigenvalue weighted by atomic mass is 10.1. The molecule has 9 nitrogen and oxygen atoms in total. The van der Waals surface area contributed by atoms with E-state index in [0.29, 0.717) is 42.0 Å². The fraction of sp³-hybridized carbons (Fsp3) is 0.500. The topological polar surface area (TPSA) is 109 Å². The van der Waals surface area contributed by atoms with E-state index in [4.69, 9.17) is 14.2 Å². The van der Waals surface area contributed by atoms with Gasteiger partial charge in [-0.25, -0.2) is 4.79 Å². The number of methoxy groups -OCH3 is 1. The Kier molecular flexibility index (Phi) is 7.32. The number of nitrogens with zero attached hydrogens (tertiary/aromatic N) is 2. The maximum atomic E-state index is 14.0. The van der Waals surface area contributed by atoms with Crippen molar-refractivity contribution >= 4 is 43.5 Å². The van der Waals surface area contributed by atoms with E-state index in [1.807, 2.05) is 31.2 Å². The molecular weight excluding hydrogens is 564 g/mol. The van der Waals surface area contributed by atoms with Crippen LogP contribution in [0.25, 0.3) is 10.2 Å². The van der Waals surface area contributed by atoms with Crippen molar-refractivity contribution in [2.24, 2.45) is 0 Å². The van der Waals surface area contributed by atoms with Crippen molar-refractivity contribution in [1.29, 1.82) is 0 Å². The smallest absolute Gasteiger partial charge is 0.332 e. The summed E-state index contributed by atoms with van der Waals surface area (Å²) < 4.78 is 21.2. The van der Waals surface area contributed by atoms with Crippen molar-refractivity contribution in [1.82, 2.24) is 9.13 Å². The highest BCUT2D eigenvalue weighted by Gasteiger charge is 2.49. The summed E-state index contributed by atoms with van der Waals surface area (Å²) in [6.45, 7) is 3.18. The van der Waals surface area contributed by atoms with Crippen LogP contribution >= 0.6 is 27.3 Å². The SMILES string of the molecule is COc1ccccc1[C@H](Cn1c(=O)n(C2(CC(=O)O)CC2)c(=O)c2c(C)c(Br)sc21)OC1CCOCC1. The van der Waals surface area contributed by atoms with Crippen LogP contribution in [0, 0.1) is 6.92 Å². The number of carboxylic acids is 1. The third-order valence-corrected chi connectivity index (χ3v) is 9.48. The molecule has 1 saturated carbocycles. The van der Waals surface area contributed by atoms with E-state index in [2.05, 4.69) is 15.9 Å². The van der Waals surface area contributed by atoms with Gasteiger partial charge in [-0.2, -0.15) is 0 Å². The minimum atomic E-state index is -1.03. The van der Waals surface area contributed by atoms with E-state index < -0.39 is 28.9 Å². The van der Waals surface area contributed by atoms with Gasteiger partial charge in [0.1, 0.15) is 16.7 Å². The lowest BCUT2D eigenvalue weighted by molar-refractivity contribution is -0.138. The summed E-state index contributed by atoms with van der Waals surface area (Å²) in [5.41, 5.74) is -0.418. The van der Waals surface area contributed by atoms with Crippen molar-refractivity contribution < 1.29 is 24.1 Å². The van der Waals surface area contributed by atoms with Crippen LogP contribution in [0.4, 0.5) is 0 Å². The average Bonchev–Trinajstić information content (AvgIpc) is 3.57. The van der Waals surface area contributed by atoms with Crippen LogP contribution in [0.5, 0.6) is 5.75 Å². The second-order valence-corrected chi connectivity index (χ2v) is 12.0. The number of aryl methyl sites for hydroxylation is 1. The van der Waals surface area contributed by atoms with Gasteiger partial charge < -0.3 is 19.3 Å². The van der Waals surface area contributed by atoms with Crippen molar-refractivity contribution in [3.8, 4) is 5.75 Å². The predicted molar refractivity (Wildman–Crippen MR) is 143 cm³/mol. The number of aliphatic carboxylic acids is 1. The number of hydrogen-bond donors (Lipinski definition) is 1. The summed E-state index contributed by atoms with van der Waals surface area (Å²) >= 11 is 4.87. The van der Waals surface area contributed by atoms with E-state index in [-0.39, 0.29) is 19.1 Å². The van der Waals surface area contributed by atoms with Gasteiger partial charge in [0.2, 0.25) is 0 Å². The van der Waals surface area contributed by atoms with E-state index in [1.165, 1.54) is 15.9 Å². The molecule has 11 heteroatoms. The Balaban J connectivity index is 1.68. The molecule has 1 saturated heterocycles. The molecule has 1 aliphatic heterocycles. The molecule has 0 amide bonds. The minimum absolute atomic E-state index is 0.0562. The number of thiophene rings is 1. The first-order chi connectivity index (χ1) is 17.8. The molecule has 5 rings (SSSR count). The molecular formula is C26H29BrN2O7S. The molecule has 3 heterocycles. The van der Waals surface area contributed by atoms with Gasteiger partial charge in [0.15, 0.2) is 0 Å². The summed E-state index contributed by atoms with van der Waals surface area (Å²) in [6, 6.07) is 7.55. The van der Waals surface area contributed by atoms with Crippen LogP contribution in [0.2, 0.25) is 0 Å². The second kappa shape index (κ2) is 10.4. The third-order valence-electron chi connectivity index (χ3n) is 7.30. The van der Waals surface area contributed by atoms with Crippen LogP contribution in [0.3, 0.4) is 0 Å². The monoisotopic (exact) mass is 592 g/mol. The van der Waals surface area contributed by atoms with Crippen LogP contribution in [0.15, 0.2) is 37.6 Å². The lowest BCUT2D eigenvalue weighted by Gasteiger charge is -2.29. The van der Waals surface area contributed by atoms with E-state index in [1.54, 1.807) is 11.7 Å². The number of para-hydroxylation sites is 1. The van der Waals surface area contributed by atoms with Crippen molar-refractivity contribution in [2.75, 3.05) is 20.3 Å². The van der Waals surface area contributed by atoms with Crippen LogP contribution < -0.4 is 16.0 Å². The number of carbonyl (C=O) groups is 1. The van der Waals surface area contributed by atoms with Crippen LogP contribution in [0.1, 0.15) is 49.3 Å². The molecule has 1 atom stereocenters. The van der Waals surface area contributed by atoms with Crippen LogP contribution in [-0.2, 0) is 26.4 Å². The minimum Gasteiger partial charge on any atom is -0.496 e. The number of ether oxygens (including phenoxy) is 3. The first-order valence-electron chi connectivity index (χ1n) is 12.3. The number of benzene rings is 1. The molecule has 2 aromatic heterocycles. The average molecular weight is 593 g/mol.